The second kappa shape index (κ2) is 7.44. The van der Waals surface area contributed by atoms with Gasteiger partial charge in [-0.25, -0.2) is 4.39 Å². The molecule has 1 aromatic carbocycles. The Bertz CT molecular complexity index is 705. The van der Waals surface area contributed by atoms with Crippen LogP contribution in [0.2, 0.25) is 0 Å². The number of anilines is 1. The average molecular weight is 377 g/mol. The maximum Gasteiger partial charge on any atom is 0.312 e. The minimum Gasteiger partial charge on any atom is -0.366 e. The molecule has 27 heavy (non-hydrogen) atoms. The zero-order valence-electron chi connectivity index (χ0n) is 15.2. The summed E-state index contributed by atoms with van der Waals surface area (Å²) in [5, 5.41) is 0. The summed E-state index contributed by atoms with van der Waals surface area (Å²) in [5.74, 6) is -1.79. The SMILES string of the molecule is O=C(C(=O)N1CCC2(CC1)OCCO2)N1CCN(c2ccccc2F)CC1. The van der Waals surface area contributed by atoms with E-state index in [2.05, 4.69) is 0 Å². The number of halogens is 1. The number of nitrogens with zero attached hydrogens (tertiary/aromatic N) is 3. The van der Waals surface area contributed by atoms with Gasteiger partial charge in [-0.15, -0.1) is 0 Å². The first-order chi connectivity index (χ1) is 13.1. The van der Waals surface area contributed by atoms with Gasteiger partial charge in [0, 0.05) is 52.1 Å². The van der Waals surface area contributed by atoms with Gasteiger partial charge < -0.3 is 24.2 Å². The summed E-state index contributed by atoms with van der Waals surface area (Å²) in [6.45, 7) is 3.90. The van der Waals surface area contributed by atoms with Crippen molar-refractivity contribution >= 4 is 17.5 Å². The molecule has 0 atom stereocenters. The maximum absolute atomic E-state index is 13.9. The predicted octanol–water partition coefficient (Wildman–Crippen LogP) is 0.840. The Balaban J connectivity index is 1.30. The van der Waals surface area contributed by atoms with Gasteiger partial charge in [-0.1, -0.05) is 12.1 Å². The molecule has 146 valence electrons. The van der Waals surface area contributed by atoms with Crippen LogP contribution in [0.25, 0.3) is 0 Å². The van der Waals surface area contributed by atoms with Gasteiger partial charge >= 0.3 is 11.8 Å². The van der Waals surface area contributed by atoms with Gasteiger partial charge in [-0.05, 0) is 12.1 Å². The summed E-state index contributed by atoms with van der Waals surface area (Å²) >= 11 is 0. The Labute approximate surface area is 157 Å². The van der Waals surface area contributed by atoms with Crippen molar-refractivity contribution in [3.8, 4) is 0 Å². The largest absolute Gasteiger partial charge is 0.366 e. The lowest BCUT2D eigenvalue weighted by Crippen LogP contribution is -2.55. The number of amides is 2. The van der Waals surface area contributed by atoms with Crippen molar-refractivity contribution in [3.63, 3.8) is 0 Å². The number of carbonyl (C=O) groups is 2. The Hall–Kier alpha value is -2.19. The maximum atomic E-state index is 13.9. The quantitative estimate of drug-likeness (QED) is 0.679. The van der Waals surface area contributed by atoms with Crippen molar-refractivity contribution in [1.82, 2.24) is 9.80 Å². The monoisotopic (exact) mass is 377 g/mol. The van der Waals surface area contributed by atoms with Gasteiger partial charge in [0.05, 0.1) is 18.9 Å². The van der Waals surface area contributed by atoms with E-state index in [1.54, 1.807) is 28.0 Å². The molecule has 0 bridgehead atoms. The lowest BCUT2D eigenvalue weighted by Gasteiger charge is -2.39. The molecule has 0 unspecified atom stereocenters. The summed E-state index contributed by atoms with van der Waals surface area (Å²) in [6, 6.07) is 6.61. The minimum atomic E-state index is -0.564. The molecule has 3 aliphatic rings. The topological polar surface area (TPSA) is 62.3 Å². The van der Waals surface area contributed by atoms with E-state index in [0.29, 0.717) is 71.0 Å². The highest BCUT2D eigenvalue weighted by Crippen LogP contribution is 2.31. The first-order valence-electron chi connectivity index (χ1n) is 9.44. The van der Waals surface area contributed by atoms with Crippen molar-refractivity contribution in [2.75, 3.05) is 57.4 Å². The van der Waals surface area contributed by atoms with E-state index in [1.807, 2.05) is 4.90 Å². The van der Waals surface area contributed by atoms with Gasteiger partial charge in [0.1, 0.15) is 5.82 Å². The Morgan fingerprint density at radius 1 is 0.852 bits per heavy atom. The van der Waals surface area contributed by atoms with Crippen LogP contribution < -0.4 is 4.90 Å². The number of rotatable bonds is 1. The molecule has 3 heterocycles. The third-order valence-corrected chi connectivity index (χ3v) is 5.57. The van der Waals surface area contributed by atoms with Crippen LogP contribution in [0.4, 0.5) is 10.1 Å². The predicted molar refractivity (Wildman–Crippen MR) is 95.6 cm³/mol. The number of piperazine rings is 1. The number of hydrogen-bond acceptors (Lipinski definition) is 5. The smallest absolute Gasteiger partial charge is 0.312 e. The minimum absolute atomic E-state index is 0.271. The molecule has 3 fully saturated rings. The molecule has 0 aliphatic carbocycles. The van der Waals surface area contributed by atoms with Crippen LogP contribution in [-0.4, -0.2) is 79.9 Å². The van der Waals surface area contributed by atoms with E-state index in [9.17, 15) is 14.0 Å². The van der Waals surface area contributed by atoms with Gasteiger partial charge in [0.15, 0.2) is 5.79 Å². The molecule has 1 spiro atoms. The summed E-state index contributed by atoms with van der Waals surface area (Å²) < 4.78 is 25.2. The summed E-state index contributed by atoms with van der Waals surface area (Å²) in [5.41, 5.74) is 0.536. The van der Waals surface area contributed by atoms with E-state index < -0.39 is 17.6 Å². The number of benzene rings is 1. The van der Waals surface area contributed by atoms with Crippen molar-refractivity contribution < 1.29 is 23.5 Å². The molecule has 8 heteroatoms. The highest BCUT2D eigenvalue weighted by Gasteiger charge is 2.42. The molecule has 0 aromatic heterocycles. The summed E-state index contributed by atoms with van der Waals surface area (Å²) in [6.07, 6.45) is 1.18. The molecular formula is C19H24FN3O4. The van der Waals surface area contributed by atoms with E-state index in [-0.39, 0.29) is 5.82 Å². The molecule has 2 amide bonds. The fraction of sp³-hybridized carbons (Fsp3) is 0.579. The third kappa shape index (κ3) is 3.64. The zero-order chi connectivity index (χ0) is 18.9. The van der Waals surface area contributed by atoms with Gasteiger partial charge in [0.2, 0.25) is 0 Å². The van der Waals surface area contributed by atoms with Crippen molar-refractivity contribution in [1.29, 1.82) is 0 Å². The number of ether oxygens (including phenoxy) is 2. The Kier molecular flexibility index (Phi) is 5.01. The van der Waals surface area contributed by atoms with E-state index in [0.717, 1.165) is 0 Å². The highest BCUT2D eigenvalue weighted by molar-refractivity contribution is 6.34. The number of likely N-dealkylation sites (tertiary alicyclic amines) is 1. The molecule has 3 aliphatic heterocycles. The second-order valence-electron chi connectivity index (χ2n) is 7.13. The molecule has 3 saturated heterocycles. The first-order valence-corrected chi connectivity index (χ1v) is 9.44. The van der Waals surface area contributed by atoms with E-state index >= 15 is 0 Å². The van der Waals surface area contributed by atoms with Crippen LogP contribution in [0.5, 0.6) is 0 Å². The summed E-state index contributed by atoms with van der Waals surface area (Å²) in [4.78, 5) is 30.2. The number of carbonyl (C=O) groups excluding carboxylic acids is 2. The lowest BCUT2D eigenvalue weighted by molar-refractivity contribution is -0.188. The fourth-order valence-electron chi connectivity index (χ4n) is 3.97. The van der Waals surface area contributed by atoms with Crippen LogP contribution in [-0.2, 0) is 19.1 Å². The fourth-order valence-corrected chi connectivity index (χ4v) is 3.97. The average Bonchev–Trinajstić information content (AvgIpc) is 3.16. The van der Waals surface area contributed by atoms with Crippen LogP contribution in [0.15, 0.2) is 24.3 Å². The van der Waals surface area contributed by atoms with Gasteiger partial charge in [-0.2, -0.15) is 0 Å². The second-order valence-corrected chi connectivity index (χ2v) is 7.13. The van der Waals surface area contributed by atoms with Crippen molar-refractivity contribution in [3.05, 3.63) is 30.1 Å². The molecule has 0 radical (unpaired) electrons. The normalized spacial score (nSPS) is 22.3. The zero-order valence-corrected chi connectivity index (χ0v) is 15.2. The van der Waals surface area contributed by atoms with Gasteiger partial charge in [-0.3, -0.25) is 9.59 Å². The molecular weight excluding hydrogens is 353 g/mol. The molecule has 7 nitrogen and oxygen atoms in total. The highest BCUT2D eigenvalue weighted by atomic mass is 19.1. The molecule has 4 rings (SSSR count). The number of piperidine rings is 1. The van der Waals surface area contributed by atoms with E-state index in [1.165, 1.54) is 6.07 Å². The van der Waals surface area contributed by atoms with Crippen LogP contribution in [0.3, 0.4) is 0 Å². The first kappa shape index (κ1) is 18.2. The van der Waals surface area contributed by atoms with Crippen LogP contribution in [0, 0.1) is 5.82 Å². The molecule has 0 N–H and O–H groups in total. The van der Waals surface area contributed by atoms with Crippen LogP contribution in [0.1, 0.15) is 12.8 Å². The number of para-hydroxylation sites is 1. The van der Waals surface area contributed by atoms with Gasteiger partial charge in [0.25, 0.3) is 0 Å². The summed E-state index contributed by atoms with van der Waals surface area (Å²) in [7, 11) is 0. The third-order valence-electron chi connectivity index (χ3n) is 5.57. The number of hydrogen-bond donors (Lipinski definition) is 0. The Morgan fingerprint density at radius 3 is 2.00 bits per heavy atom. The lowest BCUT2D eigenvalue weighted by atomic mass is 10.0. The van der Waals surface area contributed by atoms with Crippen LogP contribution >= 0.6 is 0 Å². The Morgan fingerprint density at radius 2 is 1.41 bits per heavy atom. The molecule has 0 saturated carbocycles. The molecule has 1 aromatic rings. The van der Waals surface area contributed by atoms with E-state index in [4.69, 9.17) is 9.47 Å². The standard InChI is InChI=1S/C19H24FN3O4/c20-15-3-1-2-4-16(15)21-9-11-23(12-10-21)18(25)17(24)22-7-5-19(6-8-22)26-13-14-27-19/h1-4H,5-14H2. The van der Waals surface area contributed by atoms with Crippen molar-refractivity contribution in [2.45, 2.75) is 18.6 Å². The van der Waals surface area contributed by atoms with Crippen molar-refractivity contribution in [2.24, 2.45) is 0 Å².